The minimum Gasteiger partial charge on any atom is -0.462 e. The maximum atomic E-state index is 12.6. The fourth-order valence-corrected chi connectivity index (χ4v) is 4.04. The second-order valence-corrected chi connectivity index (χ2v) is 7.66. The van der Waals surface area contributed by atoms with Crippen molar-refractivity contribution in [1.82, 2.24) is 4.98 Å². The molecule has 2 heterocycles. The molecule has 1 N–H and O–H groups in total. The summed E-state index contributed by atoms with van der Waals surface area (Å²) in [5.74, 6) is -2.03. The number of esters is 2. The van der Waals surface area contributed by atoms with Gasteiger partial charge < -0.3 is 14.8 Å². The van der Waals surface area contributed by atoms with Crippen molar-refractivity contribution >= 4 is 57.4 Å². The lowest BCUT2D eigenvalue weighted by atomic mass is 10.0. The lowest BCUT2D eigenvalue weighted by Crippen LogP contribution is -2.22. The van der Waals surface area contributed by atoms with Crippen molar-refractivity contribution in [1.29, 1.82) is 0 Å². The zero-order valence-electron chi connectivity index (χ0n) is 16.2. The van der Waals surface area contributed by atoms with Crippen molar-refractivity contribution in [3.8, 4) is 11.1 Å². The number of nitrogens with one attached hydrogen (secondary N) is 1. The second-order valence-electron chi connectivity index (χ2n) is 6.02. The van der Waals surface area contributed by atoms with E-state index in [4.69, 9.17) is 32.7 Å². The number of pyridine rings is 1. The third kappa shape index (κ3) is 5.41. The van der Waals surface area contributed by atoms with Crippen LogP contribution in [0.1, 0.15) is 27.6 Å². The molecule has 0 aliphatic rings. The number of thiophene rings is 1. The quantitative estimate of drug-likeness (QED) is 0.375. The first-order chi connectivity index (χ1) is 14.9. The number of aromatic nitrogens is 1. The summed E-state index contributed by atoms with van der Waals surface area (Å²) in [6.07, 6.45) is 1.43. The van der Waals surface area contributed by atoms with Crippen molar-refractivity contribution in [2.24, 2.45) is 0 Å². The summed E-state index contributed by atoms with van der Waals surface area (Å²) >= 11 is 13.3. The Labute approximate surface area is 191 Å². The summed E-state index contributed by atoms with van der Waals surface area (Å²) in [5, 5.41) is 4.97. The van der Waals surface area contributed by atoms with Crippen LogP contribution in [0.5, 0.6) is 0 Å². The van der Waals surface area contributed by atoms with E-state index in [-0.39, 0.29) is 27.9 Å². The Bertz CT molecular complexity index is 1130. The van der Waals surface area contributed by atoms with E-state index in [2.05, 4.69) is 10.3 Å². The Morgan fingerprint density at radius 3 is 2.52 bits per heavy atom. The Kier molecular flexibility index (Phi) is 7.62. The van der Waals surface area contributed by atoms with Crippen molar-refractivity contribution in [2.75, 3.05) is 18.5 Å². The zero-order valence-corrected chi connectivity index (χ0v) is 18.5. The first-order valence-corrected chi connectivity index (χ1v) is 10.7. The smallest absolute Gasteiger partial charge is 0.341 e. The van der Waals surface area contributed by atoms with Crippen LogP contribution in [-0.2, 0) is 14.3 Å². The normalized spacial score (nSPS) is 10.4. The number of ether oxygens (including phenoxy) is 2. The second kappa shape index (κ2) is 10.4. The molecule has 0 atom stereocenters. The summed E-state index contributed by atoms with van der Waals surface area (Å²) in [5.41, 5.74) is 1.38. The fraction of sp³-hybridized carbons (Fsp3) is 0.143. The van der Waals surface area contributed by atoms with Crippen LogP contribution in [-0.4, -0.2) is 36.0 Å². The van der Waals surface area contributed by atoms with Crippen LogP contribution in [0.3, 0.4) is 0 Å². The molecular formula is C21H16Cl2N2O5S. The van der Waals surface area contributed by atoms with Gasteiger partial charge in [0.05, 0.1) is 12.2 Å². The van der Waals surface area contributed by atoms with Crippen LogP contribution in [0, 0.1) is 0 Å². The molecule has 0 aliphatic heterocycles. The number of benzene rings is 1. The summed E-state index contributed by atoms with van der Waals surface area (Å²) in [6, 6.07) is 9.98. The summed E-state index contributed by atoms with van der Waals surface area (Å²) in [4.78, 5) is 40.8. The van der Waals surface area contributed by atoms with Crippen LogP contribution >= 0.6 is 34.5 Å². The molecule has 0 bridgehead atoms. The van der Waals surface area contributed by atoms with Gasteiger partial charge in [-0.1, -0.05) is 41.4 Å². The first-order valence-electron chi connectivity index (χ1n) is 9.03. The first kappa shape index (κ1) is 22.7. The number of anilines is 1. The Morgan fingerprint density at radius 1 is 1.03 bits per heavy atom. The van der Waals surface area contributed by atoms with Gasteiger partial charge in [-0.05, 0) is 25.1 Å². The molecule has 10 heteroatoms. The highest BCUT2D eigenvalue weighted by Crippen LogP contribution is 2.39. The van der Waals surface area contributed by atoms with Crippen LogP contribution in [0.15, 0.2) is 48.0 Å². The maximum absolute atomic E-state index is 12.6. The molecule has 0 saturated carbocycles. The lowest BCUT2D eigenvalue weighted by molar-refractivity contribution is -0.119. The largest absolute Gasteiger partial charge is 0.462 e. The van der Waals surface area contributed by atoms with Gasteiger partial charge in [0.2, 0.25) is 0 Å². The predicted octanol–water partition coefficient (Wildman–Crippen LogP) is 5.09. The minimum absolute atomic E-state index is 0.0276. The molecule has 3 aromatic rings. The third-order valence-corrected chi connectivity index (χ3v) is 5.53. The Morgan fingerprint density at radius 2 is 1.81 bits per heavy atom. The van der Waals surface area contributed by atoms with Gasteiger partial charge >= 0.3 is 11.9 Å². The number of halogens is 2. The maximum Gasteiger partial charge on any atom is 0.341 e. The van der Waals surface area contributed by atoms with E-state index in [1.807, 2.05) is 0 Å². The SMILES string of the molecule is CCOC(=O)c1c(-c2ccccc2Cl)csc1NC(=O)COC(=O)c1cccnc1Cl. The van der Waals surface area contributed by atoms with Gasteiger partial charge in [-0.15, -0.1) is 11.3 Å². The highest BCUT2D eigenvalue weighted by molar-refractivity contribution is 7.15. The molecule has 7 nitrogen and oxygen atoms in total. The number of hydrogen-bond acceptors (Lipinski definition) is 7. The van der Waals surface area contributed by atoms with Crippen LogP contribution in [0.25, 0.3) is 11.1 Å². The van der Waals surface area contributed by atoms with Gasteiger partial charge in [-0.2, -0.15) is 0 Å². The van der Waals surface area contributed by atoms with Gasteiger partial charge in [-0.25, -0.2) is 14.6 Å². The summed E-state index contributed by atoms with van der Waals surface area (Å²) < 4.78 is 10.1. The highest BCUT2D eigenvalue weighted by Gasteiger charge is 2.24. The number of amides is 1. The van der Waals surface area contributed by atoms with Crippen molar-refractivity contribution in [3.63, 3.8) is 0 Å². The summed E-state index contributed by atoms with van der Waals surface area (Å²) in [7, 11) is 0. The molecule has 0 spiro atoms. The number of carbonyl (C=O) groups is 3. The molecule has 0 aliphatic carbocycles. The van der Waals surface area contributed by atoms with E-state index in [1.165, 1.54) is 18.3 Å². The fourth-order valence-electron chi connectivity index (χ4n) is 2.64. The summed E-state index contributed by atoms with van der Waals surface area (Å²) in [6.45, 7) is 1.26. The molecule has 31 heavy (non-hydrogen) atoms. The molecule has 1 aromatic carbocycles. The average molecular weight is 479 g/mol. The minimum atomic E-state index is -0.790. The van der Waals surface area contributed by atoms with Crippen LogP contribution in [0.4, 0.5) is 5.00 Å². The number of rotatable bonds is 7. The number of hydrogen-bond donors (Lipinski definition) is 1. The van der Waals surface area contributed by atoms with E-state index in [0.717, 1.165) is 11.3 Å². The molecular weight excluding hydrogens is 463 g/mol. The monoisotopic (exact) mass is 478 g/mol. The van der Waals surface area contributed by atoms with Gasteiger partial charge in [0.15, 0.2) is 6.61 Å². The van der Waals surface area contributed by atoms with Crippen molar-refractivity contribution in [3.05, 3.63) is 69.3 Å². The van der Waals surface area contributed by atoms with Gasteiger partial charge in [0, 0.05) is 27.7 Å². The van der Waals surface area contributed by atoms with Gasteiger partial charge in [0.1, 0.15) is 15.7 Å². The molecule has 3 rings (SSSR count). The molecule has 2 aromatic heterocycles. The van der Waals surface area contributed by atoms with E-state index in [9.17, 15) is 14.4 Å². The third-order valence-electron chi connectivity index (χ3n) is 4.00. The van der Waals surface area contributed by atoms with E-state index in [1.54, 1.807) is 36.6 Å². The average Bonchev–Trinajstić information content (AvgIpc) is 3.16. The highest BCUT2D eigenvalue weighted by atomic mass is 35.5. The Balaban J connectivity index is 1.78. The Hall–Kier alpha value is -2.94. The van der Waals surface area contributed by atoms with E-state index >= 15 is 0 Å². The van der Waals surface area contributed by atoms with E-state index in [0.29, 0.717) is 16.1 Å². The van der Waals surface area contributed by atoms with Gasteiger partial charge in [-0.3, -0.25) is 4.79 Å². The molecule has 0 fully saturated rings. The molecule has 0 unspecified atom stereocenters. The van der Waals surface area contributed by atoms with E-state index < -0.39 is 24.5 Å². The molecule has 0 saturated heterocycles. The number of carbonyl (C=O) groups excluding carboxylic acids is 3. The topological polar surface area (TPSA) is 94.6 Å². The van der Waals surface area contributed by atoms with Crippen LogP contribution < -0.4 is 5.32 Å². The lowest BCUT2D eigenvalue weighted by Gasteiger charge is -2.10. The zero-order chi connectivity index (χ0) is 22.4. The van der Waals surface area contributed by atoms with Crippen LogP contribution in [0.2, 0.25) is 10.2 Å². The molecule has 0 radical (unpaired) electrons. The molecule has 1 amide bonds. The predicted molar refractivity (Wildman–Crippen MR) is 119 cm³/mol. The molecule has 160 valence electrons. The standard InChI is InChI=1S/C21H16Cl2N2O5S/c1-2-29-21(28)17-14(12-6-3-4-8-15(12)22)11-31-19(17)25-16(26)10-30-20(27)13-7-5-9-24-18(13)23/h3-9,11H,2,10H2,1H3,(H,25,26). The van der Waals surface area contributed by atoms with Crippen molar-refractivity contribution in [2.45, 2.75) is 6.92 Å². The van der Waals surface area contributed by atoms with Crippen molar-refractivity contribution < 1.29 is 23.9 Å². The number of nitrogens with zero attached hydrogens (tertiary/aromatic N) is 1. The van der Waals surface area contributed by atoms with Gasteiger partial charge in [0.25, 0.3) is 5.91 Å².